The third kappa shape index (κ3) is 6.17. The molecule has 0 spiro atoms. The molecule has 3 amide bonds. The first-order valence-corrected chi connectivity index (χ1v) is 14.5. The minimum absolute atomic E-state index is 0.00349. The minimum Gasteiger partial charge on any atom is -0.497 e. The number of sulfonamides is 1. The molecule has 1 N–H and O–H groups in total. The number of benzene rings is 3. The molecule has 9 nitrogen and oxygen atoms in total. The summed E-state index contributed by atoms with van der Waals surface area (Å²) in [6.07, 6.45) is 0.881. The first-order valence-electron chi connectivity index (χ1n) is 13.1. The number of ether oxygens (including phenoxy) is 1. The third-order valence-corrected chi connectivity index (χ3v) is 8.74. The molecule has 1 aliphatic heterocycles. The molecule has 0 saturated heterocycles. The molecule has 4 rings (SSSR count). The summed E-state index contributed by atoms with van der Waals surface area (Å²) in [5, 5.41) is 2.97. The Kier molecular flexibility index (Phi) is 8.89. The molecule has 1 aliphatic rings. The molecule has 1 heterocycles. The first-order chi connectivity index (χ1) is 19.1. The van der Waals surface area contributed by atoms with Crippen LogP contribution in [0.5, 0.6) is 5.75 Å². The molecule has 2 unspecified atom stereocenters. The Hall–Kier alpha value is -4.18. The molecule has 0 bridgehead atoms. The molecule has 0 aromatic heterocycles. The molecule has 2 atom stereocenters. The number of rotatable bonds is 11. The van der Waals surface area contributed by atoms with Crippen molar-refractivity contribution in [2.75, 3.05) is 13.7 Å². The van der Waals surface area contributed by atoms with Crippen molar-refractivity contribution in [3.63, 3.8) is 0 Å². The van der Waals surface area contributed by atoms with Gasteiger partial charge in [-0.05, 0) is 48.7 Å². The van der Waals surface area contributed by atoms with Crippen LogP contribution < -0.4 is 10.1 Å². The highest BCUT2D eigenvalue weighted by Crippen LogP contribution is 2.30. The maximum atomic E-state index is 14.0. The van der Waals surface area contributed by atoms with Gasteiger partial charge in [-0.3, -0.25) is 14.4 Å². The Bertz CT molecular complexity index is 1490. The SMILES string of the molecule is CCC(C)NC(=O)C(Cc1ccccc1)N(Cc1cccc(OC)c1)C(=O)CN1C(=O)c2ccccc2S1(=O)=O. The van der Waals surface area contributed by atoms with Crippen LogP contribution in [0.1, 0.15) is 41.8 Å². The fourth-order valence-electron chi connectivity index (χ4n) is 4.56. The number of nitrogens with one attached hydrogen (secondary N) is 1. The van der Waals surface area contributed by atoms with E-state index in [0.29, 0.717) is 22.0 Å². The van der Waals surface area contributed by atoms with E-state index >= 15 is 0 Å². The van der Waals surface area contributed by atoms with Gasteiger partial charge in [0, 0.05) is 19.0 Å². The van der Waals surface area contributed by atoms with Gasteiger partial charge in [0.2, 0.25) is 11.8 Å². The zero-order valence-electron chi connectivity index (χ0n) is 22.7. The Balaban J connectivity index is 1.73. The fourth-order valence-corrected chi connectivity index (χ4v) is 6.08. The Morgan fingerprint density at radius 2 is 1.65 bits per heavy atom. The van der Waals surface area contributed by atoms with Gasteiger partial charge in [-0.2, -0.15) is 0 Å². The van der Waals surface area contributed by atoms with Crippen LogP contribution in [-0.4, -0.2) is 61.1 Å². The number of carbonyl (C=O) groups is 3. The second kappa shape index (κ2) is 12.3. The summed E-state index contributed by atoms with van der Waals surface area (Å²) in [5.74, 6) is -1.24. The van der Waals surface area contributed by atoms with E-state index in [1.165, 1.54) is 30.2 Å². The summed E-state index contributed by atoms with van der Waals surface area (Å²) >= 11 is 0. The van der Waals surface area contributed by atoms with Crippen molar-refractivity contribution in [2.45, 2.75) is 50.2 Å². The lowest BCUT2D eigenvalue weighted by Crippen LogP contribution is -2.54. The average Bonchev–Trinajstić information content (AvgIpc) is 3.15. The van der Waals surface area contributed by atoms with E-state index in [2.05, 4.69) is 5.32 Å². The predicted octanol–water partition coefficient (Wildman–Crippen LogP) is 3.39. The van der Waals surface area contributed by atoms with Gasteiger partial charge < -0.3 is 15.0 Å². The molecule has 3 aromatic rings. The number of amides is 3. The highest BCUT2D eigenvalue weighted by atomic mass is 32.2. The number of hydrogen-bond donors (Lipinski definition) is 1. The zero-order valence-corrected chi connectivity index (χ0v) is 23.6. The monoisotopic (exact) mass is 563 g/mol. The summed E-state index contributed by atoms with van der Waals surface area (Å²) in [6.45, 7) is 3.08. The molecule has 0 fully saturated rings. The van der Waals surface area contributed by atoms with Crippen LogP contribution in [0.15, 0.2) is 83.8 Å². The molecule has 10 heteroatoms. The van der Waals surface area contributed by atoms with Gasteiger partial charge in [0.15, 0.2) is 0 Å². The van der Waals surface area contributed by atoms with Crippen molar-refractivity contribution in [1.29, 1.82) is 0 Å². The quantitative estimate of drug-likeness (QED) is 0.383. The van der Waals surface area contributed by atoms with Gasteiger partial charge in [0.05, 0.1) is 12.7 Å². The summed E-state index contributed by atoms with van der Waals surface area (Å²) in [7, 11) is -2.69. The topological polar surface area (TPSA) is 113 Å². The van der Waals surface area contributed by atoms with Gasteiger partial charge in [-0.25, -0.2) is 12.7 Å². The standard InChI is InChI=1S/C30H33N3O6S/c1-4-21(2)31-29(35)26(18-22-11-6-5-7-12-22)32(19-23-13-10-14-24(17-23)39-3)28(34)20-33-30(36)25-15-8-9-16-27(25)40(33,37)38/h5-17,21,26H,4,18-20H2,1-3H3,(H,31,35). The van der Waals surface area contributed by atoms with Crippen molar-refractivity contribution in [3.8, 4) is 5.75 Å². The van der Waals surface area contributed by atoms with E-state index < -0.39 is 34.4 Å². The van der Waals surface area contributed by atoms with E-state index in [1.54, 1.807) is 30.3 Å². The summed E-state index contributed by atoms with van der Waals surface area (Å²) in [6, 6.07) is 21.1. The van der Waals surface area contributed by atoms with Crippen molar-refractivity contribution in [3.05, 3.63) is 95.6 Å². The molecule has 3 aromatic carbocycles. The molecule has 0 aliphatic carbocycles. The van der Waals surface area contributed by atoms with Crippen molar-refractivity contribution in [1.82, 2.24) is 14.5 Å². The number of hydrogen-bond acceptors (Lipinski definition) is 6. The Morgan fingerprint density at radius 3 is 2.33 bits per heavy atom. The summed E-state index contributed by atoms with van der Waals surface area (Å²) < 4.78 is 32.3. The number of carbonyl (C=O) groups excluding carboxylic acids is 3. The second-order valence-corrected chi connectivity index (χ2v) is 11.5. The Morgan fingerprint density at radius 1 is 0.975 bits per heavy atom. The highest BCUT2D eigenvalue weighted by molar-refractivity contribution is 7.90. The van der Waals surface area contributed by atoms with Crippen LogP contribution in [0.2, 0.25) is 0 Å². The third-order valence-electron chi connectivity index (χ3n) is 6.95. The predicted molar refractivity (Wildman–Crippen MR) is 150 cm³/mol. The molecular formula is C30H33N3O6S. The van der Waals surface area contributed by atoms with Gasteiger partial charge in [-0.15, -0.1) is 0 Å². The van der Waals surface area contributed by atoms with E-state index in [-0.39, 0.29) is 35.4 Å². The summed E-state index contributed by atoms with van der Waals surface area (Å²) in [4.78, 5) is 41.9. The molecule has 40 heavy (non-hydrogen) atoms. The van der Waals surface area contributed by atoms with Crippen LogP contribution >= 0.6 is 0 Å². The second-order valence-electron chi connectivity index (χ2n) is 9.71. The lowest BCUT2D eigenvalue weighted by atomic mass is 10.0. The van der Waals surface area contributed by atoms with E-state index in [1.807, 2.05) is 44.2 Å². The molecule has 0 radical (unpaired) electrons. The van der Waals surface area contributed by atoms with Crippen molar-refractivity contribution >= 4 is 27.7 Å². The maximum absolute atomic E-state index is 14.0. The normalized spacial score (nSPS) is 15.2. The average molecular weight is 564 g/mol. The molecule has 0 saturated carbocycles. The van der Waals surface area contributed by atoms with Crippen LogP contribution in [0.4, 0.5) is 0 Å². The number of nitrogens with zero attached hydrogens (tertiary/aromatic N) is 2. The smallest absolute Gasteiger partial charge is 0.269 e. The van der Waals surface area contributed by atoms with Gasteiger partial charge in [0.25, 0.3) is 15.9 Å². The van der Waals surface area contributed by atoms with Crippen molar-refractivity contribution in [2.24, 2.45) is 0 Å². The van der Waals surface area contributed by atoms with E-state index in [9.17, 15) is 22.8 Å². The van der Waals surface area contributed by atoms with Crippen molar-refractivity contribution < 1.29 is 27.5 Å². The first kappa shape index (κ1) is 28.8. The zero-order chi connectivity index (χ0) is 28.9. The van der Waals surface area contributed by atoms with Gasteiger partial charge in [-0.1, -0.05) is 61.5 Å². The molecular weight excluding hydrogens is 530 g/mol. The van der Waals surface area contributed by atoms with Crippen LogP contribution in [0.25, 0.3) is 0 Å². The lowest BCUT2D eigenvalue weighted by Gasteiger charge is -2.33. The van der Waals surface area contributed by atoms with Crippen LogP contribution in [0.3, 0.4) is 0 Å². The van der Waals surface area contributed by atoms with Gasteiger partial charge in [0.1, 0.15) is 23.2 Å². The largest absolute Gasteiger partial charge is 0.497 e. The van der Waals surface area contributed by atoms with Crippen LogP contribution in [0, 0.1) is 0 Å². The summed E-state index contributed by atoms with van der Waals surface area (Å²) in [5.41, 5.74) is 1.53. The minimum atomic E-state index is -4.22. The van der Waals surface area contributed by atoms with E-state index in [0.717, 1.165) is 5.56 Å². The van der Waals surface area contributed by atoms with E-state index in [4.69, 9.17) is 4.74 Å². The van der Waals surface area contributed by atoms with Gasteiger partial charge >= 0.3 is 0 Å². The number of fused-ring (bicyclic) bond motifs is 1. The van der Waals surface area contributed by atoms with Crippen LogP contribution in [-0.2, 0) is 32.6 Å². The highest BCUT2D eigenvalue weighted by Gasteiger charge is 2.43. The maximum Gasteiger partial charge on any atom is 0.269 e. The Labute approximate surface area is 234 Å². The number of methoxy groups -OCH3 is 1. The molecule has 210 valence electrons. The lowest BCUT2D eigenvalue weighted by molar-refractivity contribution is -0.141. The fraction of sp³-hybridized carbons (Fsp3) is 0.300.